The second-order valence-electron chi connectivity index (χ2n) is 13.5. The van der Waals surface area contributed by atoms with E-state index in [-0.39, 0.29) is 23.8 Å². The Morgan fingerprint density at radius 1 is 1.02 bits per heavy atom. The van der Waals surface area contributed by atoms with Crippen molar-refractivity contribution in [1.82, 2.24) is 24.8 Å². The van der Waals surface area contributed by atoms with Gasteiger partial charge in [0.1, 0.15) is 17.1 Å². The highest BCUT2D eigenvalue weighted by atomic mass is 19.1. The van der Waals surface area contributed by atoms with Gasteiger partial charge in [-0.15, -0.1) is 0 Å². The molecule has 1 unspecified atom stereocenters. The molecule has 0 spiro atoms. The number of ether oxygens (including phenoxy) is 1. The number of hydrogen-bond acceptors (Lipinski definition) is 6. The van der Waals surface area contributed by atoms with Gasteiger partial charge in [0, 0.05) is 48.6 Å². The van der Waals surface area contributed by atoms with E-state index in [1.165, 1.54) is 17.2 Å². The molecular weight excluding hydrogens is 571 g/mol. The number of amides is 2. The molecule has 1 N–H and O–H groups in total. The molecule has 2 aromatic heterocycles. The average molecular weight is 611 g/mol. The van der Waals surface area contributed by atoms with Crippen LogP contribution in [0.3, 0.4) is 0 Å². The van der Waals surface area contributed by atoms with Gasteiger partial charge in [-0.3, -0.25) is 4.79 Å². The van der Waals surface area contributed by atoms with Crippen LogP contribution in [-0.4, -0.2) is 62.8 Å². The number of alkyl carbamates (subject to hydrolysis) is 1. The second kappa shape index (κ2) is 11.2. The standard InChI is InChI=1S/C35H39FN6O3/c1-21-26-8-6-5-7-22(26)13-16-41(21)33(43)30-18-31(23-9-10-23)42-32(38-30)19-29(39-42)27-12-11-25(17-28(27)36)40-15-14-24(20-40)37-34(44)45-35(2,3)4/h5-8,11-12,17-19,21,23-24H,9-10,13-16,20H2,1-4H3,(H,37,44)/t21-,24?/m1/s1. The van der Waals surface area contributed by atoms with E-state index in [1.807, 2.05) is 49.9 Å². The molecule has 2 aromatic carbocycles. The number of nitrogens with zero attached hydrogens (tertiary/aromatic N) is 5. The highest BCUT2D eigenvalue weighted by Gasteiger charge is 2.33. The lowest BCUT2D eigenvalue weighted by molar-refractivity contribution is 0.0508. The van der Waals surface area contributed by atoms with Gasteiger partial charge in [-0.1, -0.05) is 24.3 Å². The number of rotatable bonds is 5. The molecule has 2 atom stereocenters. The zero-order chi connectivity index (χ0) is 31.5. The Morgan fingerprint density at radius 3 is 2.58 bits per heavy atom. The number of nitrogens with one attached hydrogen (secondary N) is 1. The van der Waals surface area contributed by atoms with E-state index in [9.17, 15) is 9.59 Å². The summed E-state index contributed by atoms with van der Waals surface area (Å²) >= 11 is 0. The number of fused-ring (bicyclic) bond motifs is 2. The summed E-state index contributed by atoms with van der Waals surface area (Å²) in [5.41, 5.74) is 5.38. The van der Waals surface area contributed by atoms with Crippen molar-refractivity contribution in [2.75, 3.05) is 24.5 Å². The largest absolute Gasteiger partial charge is 0.444 e. The first-order chi connectivity index (χ1) is 21.5. The van der Waals surface area contributed by atoms with Gasteiger partial charge in [0.2, 0.25) is 0 Å². The fraction of sp³-hybridized carbons (Fsp3) is 0.429. The Hall–Kier alpha value is -4.47. The van der Waals surface area contributed by atoms with Gasteiger partial charge >= 0.3 is 6.09 Å². The summed E-state index contributed by atoms with van der Waals surface area (Å²) in [6, 6.07) is 17.0. The lowest BCUT2D eigenvalue weighted by atomic mass is 9.93. The number of benzene rings is 2. The molecule has 2 aliphatic heterocycles. The Balaban J connectivity index is 1.12. The van der Waals surface area contributed by atoms with Gasteiger partial charge in [-0.05, 0) is 88.8 Å². The van der Waals surface area contributed by atoms with E-state index < -0.39 is 11.7 Å². The van der Waals surface area contributed by atoms with Gasteiger partial charge < -0.3 is 19.9 Å². The van der Waals surface area contributed by atoms with Gasteiger partial charge in [0.25, 0.3) is 5.91 Å². The molecule has 1 saturated carbocycles. The third kappa shape index (κ3) is 5.85. The minimum atomic E-state index is -0.565. The third-order valence-electron chi connectivity index (χ3n) is 9.03. The smallest absolute Gasteiger partial charge is 0.407 e. The summed E-state index contributed by atoms with van der Waals surface area (Å²) in [4.78, 5) is 34.8. The predicted octanol–water partition coefficient (Wildman–Crippen LogP) is 6.28. The predicted molar refractivity (Wildman–Crippen MR) is 170 cm³/mol. The van der Waals surface area contributed by atoms with Crippen LogP contribution < -0.4 is 10.2 Å². The van der Waals surface area contributed by atoms with Gasteiger partial charge in [-0.2, -0.15) is 5.10 Å². The number of halogens is 1. The maximum atomic E-state index is 15.7. The SMILES string of the molecule is C[C@@H]1c2ccccc2CCN1C(=O)c1cc(C2CC2)n2nc(-c3ccc(N4CCC(NC(=O)OC(C)(C)C)C4)cc3F)cc2n1. The maximum Gasteiger partial charge on any atom is 0.407 e. The van der Waals surface area contributed by atoms with E-state index >= 15 is 4.39 Å². The monoisotopic (exact) mass is 610 g/mol. The third-order valence-corrected chi connectivity index (χ3v) is 9.03. The number of aromatic nitrogens is 3. The quantitative estimate of drug-likeness (QED) is 0.286. The molecule has 45 heavy (non-hydrogen) atoms. The van der Waals surface area contributed by atoms with Crippen molar-refractivity contribution in [2.24, 2.45) is 0 Å². The summed E-state index contributed by atoms with van der Waals surface area (Å²) in [6.45, 7) is 9.46. The molecular formula is C35H39FN6O3. The zero-order valence-corrected chi connectivity index (χ0v) is 26.2. The van der Waals surface area contributed by atoms with Crippen molar-refractivity contribution in [3.8, 4) is 11.3 Å². The Bertz CT molecular complexity index is 1790. The molecule has 9 nitrogen and oxygen atoms in total. The van der Waals surface area contributed by atoms with Crippen LogP contribution in [0.1, 0.15) is 86.2 Å². The molecule has 4 aromatic rings. The highest BCUT2D eigenvalue weighted by Crippen LogP contribution is 2.41. The Labute approximate surface area is 262 Å². The van der Waals surface area contributed by atoms with E-state index in [0.717, 1.165) is 37.1 Å². The second-order valence-corrected chi connectivity index (χ2v) is 13.5. The first-order valence-electron chi connectivity index (χ1n) is 15.9. The number of carbonyl (C=O) groups excluding carboxylic acids is 2. The van der Waals surface area contributed by atoms with Crippen molar-refractivity contribution >= 4 is 23.3 Å². The minimum absolute atomic E-state index is 0.0445. The molecule has 234 valence electrons. The fourth-order valence-corrected chi connectivity index (χ4v) is 6.60. The number of hydrogen-bond donors (Lipinski definition) is 1. The molecule has 0 radical (unpaired) electrons. The Kier molecular flexibility index (Phi) is 7.25. The molecule has 0 bridgehead atoms. The molecule has 1 aliphatic carbocycles. The lowest BCUT2D eigenvalue weighted by Crippen LogP contribution is -2.40. The first kappa shape index (κ1) is 29.3. The van der Waals surface area contributed by atoms with Crippen LogP contribution in [0.15, 0.2) is 54.6 Å². The lowest BCUT2D eigenvalue weighted by Gasteiger charge is -2.35. The van der Waals surface area contributed by atoms with Crippen LogP contribution >= 0.6 is 0 Å². The van der Waals surface area contributed by atoms with Crippen LogP contribution in [-0.2, 0) is 11.2 Å². The molecule has 4 heterocycles. The van der Waals surface area contributed by atoms with Crippen molar-refractivity contribution in [3.05, 3.63) is 82.9 Å². The topological polar surface area (TPSA) is 92.1 Å². The van der Waals surface area contributed by atoms with Crippen LogP contribution in [0.2, 0.25) is 0 Å². The van der Waals surface area contributed by atoms with E-state index in [1.54, 1.807) is 16.6 Å². The molecule has 2 fully saturated rings. The molecule has 7 rings (SSSR count). The van der Waals surface area contributed by atoms with Crippen molar-refractivity contribution < 1.29 is 18.7 Å². The van der Waals surface area contributed by atoms with Gasteiger partial charge in [0.05, 0.1) is 17.8 Å². The van der Waals surface area contributed by atoms with Crippen molar-refractivity contribution in [2.45, 2.75) is 77.0 Å². The van der Waals surface area contributed by atoms with E-state index in [4.69, 9.17) is 14.8 Å². The Morgan fingerprint density at radius 2 is 1.82 bits per heavy atom. The van der Waals surface area contributed by atoms with Crippen LogP contribution in [0.5, 0.6) is 0 Å². The molecule has 3 aliphatic rings. The number of anilines is 1. The van der Waals surface area contributed by atoms with Crippen molar-refractivity contribution in [3.63, 3.8) is 0 Å². The van der Waals surface area contributed by atoms with Gasteiger partial charge in [-0.25, -0.2) is 18.7 Å². The average Bonchev–Trinajstić information content (AvgIpc) is 3.59. The summed E-state index contributed by atoms with van der Waals surface area (Å²) < 4.78 is 22.8. The number of carbonyl (C=O) groups is 2. The minimum Gasteiger partial charge on any atom is -0.444 e. The van der Waals surface area contributed by atoms with Crippen LogP contribution in [0.25, 0.3) is 16.9 Å². The maximum absolute atomic E-state index is 15.7. The van der Waals surface area contributed by atoms with Crippen molar-refractivity contribution in [1.29, 1.82) is 0 Å². The molecule has 10 heteroatoms. The molecule has 1 saturated heterocycles. The fourth-order valence-electron chi connectivity index (χ4n) is 6.60. The highest BCUT2D eigenvalue weighted by molar-refractivity contribution is 5.93. The van der Waals surface area contributed by atoms with Gasteiger partial charge in [0.15, 0.2) is 5.65 Å². The van der Waals surface area contributed by atoms with E-state index in [0.29, 0.717) is 48.2 Å². The first-order valence-corrected chi connectivity index (χ1v) is 15.9. The summed E-state index contributed by atoms with van der Waals surface area (Å²) in [6.07, 6.45) is 3.17. The summed E-state index contributed by atoms with van der Waals surface area (Å²) in [5.74, 6) is -0.173. The van der Waals surface area contributed by atoms with Crippen LogP contribution in [0, 0.1) is 5.82 Å². The van der Waals surface area contributed by atoms with E-state index in [2.05, 4.69) is 29.3 Å². The summed E-state index contributed by atoms with van der Waals surface area (Å²) in [7, 11) is 0. The normalized spacial score (nSPS) is 19.9. The van der Waals surface area contributed by atoms with Crippen LogP contribution in [0.4, 0.5) is 14.9 Å². The molecule has 2 amide bonds. The zero-order valence-electron chi connectivity index (χ0n) is 26.2. The summed E-state index contributed by atoms with van der Waals surface area (Å²) in [5, 5.41) is 7.70.